The highest BCUT2D eigenvalue weighted by Crippen LogP contribution is 2.26. The van der Waals surface area contributed by atoms with Crippen molar-refractivity contribution in [1.82, 2.24) is 20.2 Å². The van der Waals surface area contributed by atoms with E-state index in [9.17, 15) is 9.18 Å². The largest absolute Gasteiger partial charge is 0.321 e. The third-order valence-electron chi connectivity index (χ3n) is 4.54. The lowest BCUT2D eigenvalue weighted by atomic mass is 10.1. The highest BCUT2D eigenvalue weighted by molar-refractivity contribution is 7.98. The highest BCUT2D eigenvalue weighted by Gasteiger charge is 2.12. The van der Waals surface area contributed by atoms with Gasteiger partial charge in [-0.1, -0.05) is 47.6 Å². The van der Waals surface area contributed by atoms with Crippen molar-refractivity contribution in [3.63, 3.8) is 0 Å². The SMILES string of the molecule is Cc1cccc(NC(=O)c2ccc(-n3nnnc3SCc3ccc(F)cc3)cc2)c1Cl. The molecule has 0 aliphatic rings. The average molecular weight is 454 g/mol. The number of nitrogens with one attached hydrogen (secondary N) is 1. The summed E-state index contributed by atoms with van der Waals surface area (Å²) >= 11 is 7.69. The molecule has 1 aromatic heterocycles. The van der Waals surface area contributed by atoms with Gasteiger partial charge in [0.05, 0.1) is 16.4 Å². The fourth-order valence-corrected chi connectivity index (χ4v) is 3.87. The van der Waals surface area contributed by atoms with Crippen LogP contribution >= 0.6 is 23.4 Å². The third-order valence-corrected chi connectivity index (χ3v) is 6.03. The lowest BCUT2D eigenvalue weighted by Crippen LogP contribution is -2.12. The van der Waals surface area contributed by atoms with E-state index >= 15 is 0 Å². The minimum Gasteiger partial charge on any atom is -0.321 e. The first-order chi connectivity index (χ1) is 15.0. The van der Waals surface area contributed by atoms with Gasteiger partial charge in [0.2, 0.25) is 5.16 Å². The monoisotopic (exact) mass is 453 g/mol. The molecule has 0 atom stereocenters. The summed E-state index contributed by atoms with van der Waals surface area (Å²) in [5.74, 6) is 0.0623. The highest BCUT2D eigenvalue weighted by atomic mass is 35.5. The zero-order valence-corrected chi connectivity index (χ0v) is 18.0. The van der Waals surface area contributed by atoms with Crippen LogP contribution in [0.3, 0.4) is 0 Å². The summed E-state index contributed by atoms with van der Waals surface area (Å²) < 4.78 is 14.6. The Morgan fingerprint density at radius 2 is 1.84 bits per heavy atom. The normalized spacial score (nSPS) is 10.8. The first-order valence-corrected chi connectivity index (χ1v) is 10.7. The van der Waals surface area contributed by atoms with Crippen molar-refractivity contribution in [3.8, 4) is 5.69 Å². The van der Waals surface area contributed by atoms with Gasteiger partial charge in [-0.3, -0.25) is 4.79 Å². The molecule has 0 bridgehead atoms. The van der Waals surface area contributed by atoms with Crippen molar-refractivity contribution in [1.29, 1.82) is 0 Å². The van der Waals surface area contributed by atoms with E-state index in [1.54, 1.807) is 47.1 Å². The Balaban J connectivity index is 1.46. The minimum absolute atomic E-state index is 0.262. The summed E-state index contributed by atoms with van der Waals surface area (Å²) in [6.45, 7) is 1.88. The topological polar surface area (TPSA) is 72.7 Å². The summed E-state index contributed by atoms with van der Waals surface area (Å²) in [4.78, 5) is 12.6. The molecule has 0 saturated carbocycles. The standard InChI is InChI=1S/C22H17ClFN5OS/c1-14-3-2-4-19(20(14)23)25-21(30)16-7-11-18(12-8-16)29-22(26-27-28-29)31-13-15-5-9-17(24)10-6-15/h2-12H,13H2,1H3,(H,25,30). The van der Waals surface area contributed by atoms with Crippen LogP contribution < -0.4 is 5.32 Å². The summed E-state index contributed by atoms with van der Waals surface area (Å²) in [5, 5.41) is 15.8. The molecule has 9 heteroatoms. The van der Waals surface area contributed by atoms with E-state index in [1.807, 2.05) is 19.1 Å². The van der Waals surface area contributed by atoms with E-state index in [4.69, 9.17) is 11.6 Å². The number of amides is 1. The van der Waals surface area contributed by atoms with Crippen molar-refractivity contribution in [2.75, 3.05) is 5.32 Å². The number of halogens is 2. The zero-order chi connectivity index (χ0) is 21.8. The maximum absolute atomic E-state index is 13.1. The van der Waals surface area contributed by atoms with Gasteiger partial charge in [-0.15, -0.1) is 5.10 Å². The molecule has 3 aromatic carbocycles. The molecule has 4 rings (SSSR count). The van der Waals surface area contributed by atoms with Crippen LogP contribution in [0, 0.1) is 12.7 Å². The molecule has 31 heavy (non-hydrogen) atoms. The second kappa shape index (κ2) is 9.28. The molecule has 0 fully saturated rings. The minimum atomic E-state index is -0.271. The number of rotatable bonds is 6. The van der Waals surface area contributed by atoms with Crippen LogP contribution in [0.2, 0.25) is 5.02 Å². The maximum Gasteiger partial charge on any atom is 0.255 e. The summed E-state index contributed by atoms with van der Waals surface area (Å²) in [6.07, 6.45) is 0. The van der Waals surface area contributed by atoms with Gasteiger partial charge < -0.3 is 5.32 Å². The molecule has 4 aromatic rings. The second-order valence-corrected chi connectivity index (χ2v) is 8.05. The van der Waals surface area contributed by atoms with Crippen molar-refractivity contribution in [2.45, 2.75) is 17.8 Å². The fourth-order valence-electron chi connectivity index (χ4n) is 2.85. The van der Waals surface area contributed by atoms with Gasteiger partial charge in [0.15, 0.2) is 0 Å². The molecule has 0 radical (unpaired) electrons. The van der Waals surface area contributed by atoms with E-state index in [2.05, 4.69) is 20.8 Å². The van der Waals surface area contributed by atoms with E-state index in [0.29, 0.717) is 27.2 Å². The number of anilines is 1. The van der Waals surface area contributed by atoms with Crippen molar-refractivity contribution < 1.29 is 9.18 Å². The van der Waals surface area contributed by atoms with E-state index < -0.39 is 0 Å². The lowest BCUT2D eigenvalue weighted by molar-refractivity contribution is 0.102. The number of nitrogens with zero attached hydrogens (tertiary/aromatic N) is 4. The van der Waals surface area contributed by atoms with Crippen LogP contribution in [0.25, 0.3) is 5.69 Å². The first-order valence-electron chi connectivity index (χ1n) is 9.34. The van der Waals surface area contributed by atoms with Crippen molar-refractivity contribution in [3.05, 3.63) is 94.3 Å². The zero-order valence-electron chi connectivity index (χ0n) is 16.4. The second-order valence-electron chi connectivity index (χ2n) is 6.73. The predicted octanol–water partition coefficient (Wildman–Crippen LogP) is 5.31. The lowest BCUT2D eigenvalue weighted by Gasteiger charge is -2.10. The Labute approximate surface area is 187 Å². The molecule has 0 spiro atoms. The number of carbonyl (C=O) groups excluding carboxylic acids is 1. The van der Waals surface area contributed by atoms with Crippen LogP contribution in [-0.2, 0) is 5.75 Å². The van der Waals surface area contributed by atoms with Crippen LogP contribution in [0.1, 0.15) is 21.5 Å². The Kier molecular flexibility index (Phi) is 6.29. The first kappa shape index (κ1) is 21.0. The number of hydrogen-bond donors (Lipinski definition) is 1. The van der Waals surface area contributed by atoms with Gasteiger partial charge in [-0.2, -0.15) is 4.68 Å². The van der Waals surface area contributed by atoms with Gasteiger partial charge in [-0.25, -0.2) is 4.39 Å². The molecule has 1 N–H and O–H groups in total. The summed E-state index contributed by atoms with van der Waals surface area (Å²) in [6, 6.07) is 18.7. The molecule has 156 valence electrons. The molecule has 0 aliphatic heterocycles. The van der Waals surface area contributed by atoms with Crippen LogP contribution in [0.4, 0.5) is 10.1 Å². The number of thioether (sulfide) groups is 1. The van der Waals surface area contributed by atoms with Gasteiger partial charge in [0.25, 0.3) is 5.91 Å². The molecular formula is C22H17ClFN5OS. The van der Waals surface area contributed by atoms with Crippen molar-refractivity contribution >= 4 is 35.0 Å². The Bertz CT molecular complexity index is 1210. The number of hydrogen-bond acceptors (Lipinski definition) is 5. The molecule has 0 saturated heterocycles. The quantitative estimate of drug-likeness (QED) is 0.400. The molecule has 0 aliphatic carbocycles. The Hall–Kier alpha value is -3.23. The Morgan fingerprint density at radius 3 is 2.58 bits per heavy atom. The third kappa shape index (κ3) is 4.92. The van der Waals surface area contributed by atoms with Gasteiger partial charge in [0, 0.05) is 11.3 Å². The predicted molar refractivity (Wildman–Crippen MR) is 119 cm³/mol. The number of carbonyl (C=O) groups is 1. The van der Waals surface area contributed by atoms with Gasteiger partial charge in [0.1, 0.15) is 5.82 Å². The molecule has 1 amide bonds. The fraction of sp³-hybridized carbons (Fsp3) is 0.0909. The Morgan fingerprint density at radius 1 is 1.10 bits per heavy atom. The smallest absolute Gasteiger partial charge is 0.255 e. The van der Waals surface area contributed by atoms with Crippen LogP contribution in [0.15, 0.2) is 71.9 Å². The maximum atomic E-state index is 13.1. The molecule has 6 nitrogen and oxygen atoms in total. The van der Waals surface area contributed by atoms with E-state index in [-0.39, 0.29) is 11.7 Å². The molecular weight excluding hydrogens is 437 g/mol. The van der Waals surface area contributed by atoms with Crippen LogP contribution in [0.5, 0.6) is 0 Å². The summed E-state index contributed by atoms with van der Waals surface area (Å²) in [7, 11) is 0. The number of benzene rings is 3. The van der Waals surface area contributed by atoms with E-state index in [0.717, 1.165) is 16.8 Å². The summed E-state index contributed by atoms with van der Waals surface area (Å²) in [5.41, 5.74) is 3.62. The molecule has 1 heterocycles. The van der Waals surface area contributed by atoms with Crippen LogP contribution in [-0.4, -0.2) is 26.1 Å². The number of aromatic nitrogens is 4. The van der Waals surface area contributed by atoms with Crippen molar-refractivity contribution in [2.24, 2.45) is 0 Å². The van der Waals surface area contributed by atoms with E-state index in [1.165, 1.54) is 23.9 Å². The van der Waals surface area contributed by atoms with Gasteiger partial charge in [-0.05, 0) is 70.9 Å². The van der Waals surface area contributed by atoms with Gasteiger partial charge >= 0.3 is 0 Å². The number of aryl methyl sites for hydroxylation is 1. The average Bonchev–Trinajstić information content (AvgIpc) is 3.25. The molecule has 0 unspecified atom stereocenters. The number of tetrazole rings is 1.